The number of pyridine rings is 2. The molecule has 58 heavy (non-hydrogen) atoms. The van der Waals surface area contributed by atoms with Crippen molar-refractivity contribution in [3.8, 4) is 34.3 Å². The van der Waals surface area contributed by atoms with Gasteiger partial charge in [0.05, 0.1) is 62.5 Å². The zero-order chi connectivity index (χ0) is 42.1. The number of rotatable bonds is 16. The van der Waals surface area contributed by atoms with Crippen molar-refractivity contribution >= 4 is 36.7 Å². The standard InChI is InChI=1S/2C20H24N3O5P/c1-4-20(5-2,29(25,26)27)11-13-6-8-14(9-7-13)16-10-15-12-21-23-18(24)17(15)19(22-16)28-3;1-4-27-29(25,28-5-2)11-10-14-6-8-15(9-7-14)17-12-16-13-21-23-19(24)18(16)20(22-17)26-3/h6-10,12H,4-5,11H2,1-3H3,(H,23,24)(H2,25,26,27);6-9,12-13H,4-5,10-11H2,1-3H3,(H,23,24). The van der Waals surface area contributed by atoms with Gasteiger partial charge >= 0.3 is 15.2 Å². The highest BCUT2D eigenvalue weighted by atomic mass is 31.2. The second-order valence-corrected chi connectivity index (χ2v) is 17.5. The summed E-state index contributed by atoms with van der Waals surface area (Å²) in [5.74, 6) is 0.460. The maximum atomic E-state index is 12.6. The van der Waals surface area contributed by atoms with Crippen molar-refractivity contribution in [2.45, 2.75) is 58.5 Å². The fraction of sp³-hybridized carbons (Fsp3) is 0.350. The lowest BCUT2D eigenvalue weighted by molar-refractivity contribution is 0.220. The van der Waals surface area contributed by atoms with Crippen molar-refractivity contribution in [1.29, 1.82) is 0 Å². The first kappa shape index (κ1) is 44.0. The van der Waals surface area contributed by atoms with Gasteiger partial charge in [-0.05, 0) is 62.8 Å². The van der Waals surface area contributed by atoms with Gasteiger partial charge < -0.3 is 28.3 Å². The van der Waals surface area contributed by atoms with Crippen LogP contribution in [0.15, 0.2) is 82.6 Å². The Morgan fingerprint density at radius 3 is 1.48 bits per heavy atom. The highest BCUT2D eigenvalue weighted by molar-refractivity contribution is 7.54. The minimum atomic E-state index is -4.25. The Kier molecular flexibility index (Phi) is 14.5. The Bertz CT molecular complexity index is 2540. The van der Waals surface area contributed by atoms with Crippen molar-refractivity contribution in [2.75, 3.05) is 33.6 Å². The second kappa shape index (κ2) is 19.1. The summed E-state index contributed by atoms with van der Waals surface area (Å²) >= 11 is 0. The van der Waals surface area contributed by atoms with E-state index in [2.05, 4.69) is 30.4 Å². The number of hydrogen-bond donors (Lipinski definition) is 4. The quantitative estimate of drug-likeness (QED) is 0.0715. The maximum Gasteiger partial charge on any atom is 0.331 e. The van der Waals surface area contributed by atoms with Gasteiger partial charge in [-0.2, -0.15) is 10.2 Å². The van der Waals surface area contributed by atoms with Gasteiger partial charge in [0.25, 0.3) is 11.1 Å². The highest BCUT2D eigenvalue weighted by Crippen LogP contribution is 2.56. The number of nitrogens with zero attached hydrogens (tertiary/aromatic N) is 4. The van der Waals surface area contributed by atoms with Crippen LogP contribution in [0.3, 0.4) is 0 Å². The Morgan fingerprint density at radius 1 is 0.672 bits per heavy atom. The summed E-state index contributed by atoms with van der Waals surface area (Å²) in [6.45, 7) is 7.91. The van der Waals surface area contributed by atoms with Gasteiger partial charge in [-0.15, -0.1) is 0 Å². The van der Waals surface area contributed by atoms with E-state index in [0.717, 1.165) is 22.3 Å². The van der Waals surface area contributed by atoms with Gasteiger partial charge in [0.1, 0.15) is 10.8 Å². The first-order valence-electron chi connectivity index (χ1n) is 18.7. The molecule has 0 atom stereocenters. The molecule has 0 aliphatic rings. The van der Waals surface area contributed by atoms with Crippen molar-refractivity contribution in [3.05, 3.63) is 105 Å². The average Bonchev–Trinajstić information content (AvgIpc) is 3.22. The van der Waals surface area contributed by atoms with E-state index in [-0.39, 0.29) is 22.9 Å². The van der Waals surface area contributed by atoms with Gasteiger partial charge in [0.2, 0.25) is 11.8 Å². The van der Waals surface area contributed by atoms with E-state index in [0.29, 0.717) is 78.0 Å². The maximum absolute atomic E-state index is 12.6. The number of aryl methyl sites for hydroxylation is 1. The van der Waals surface area contributed by atoms with E-state index < -0.39 is 20.3 Å². The number of benzene rings is 2. The number of aromatic amines is 2. The molecule has 4 heterocycles. The fourth-order valence-electron chi connectivity index (χ4n) is 6.62. The molecule has 0 saturated heterocycles. The molecular weight excluding hydrogens is 786 g/mol. The van der Waals surface area contributed by atoms with E-state index in [9.17, 15) is 28.5 Å². The van der Waals surface area contributed by atoms with Crippen molar-refractivity contribution in [2.24, 2.45) is 0 Å². The molecular formula is C40H48N6O10P2. The number of H-pyrrole nitrogens is 2. The number of ether oxygens (including phenoxy) is 2. The van der Waals surface area contributed by atoms with Crippen molar-refractivity contribution < 1.29 is 37.4 Å². The molecule has 0 spiro atoms. The van der Waals surface area contributed by atoms with Gasteiger partial charge in [-0.1, -0.05) is 62.4 Å². The molecule has 0 unspecified atom stereocenters. The summed E-state index contributed by atoms with van der Waals surface area (Å²) in [6.07, 6.45) is 5.07. The summed E-state index contributed by atoms with van der Waals surface area (Å²) < 4.78 is 45.9. The molecule has 308 valence electrons. The number of methoxy groups -OCH3 is 2. The van der Waals surface area contributed by atoms with Crippen LogP contribution in [-0.2, 0) is 31.0 Å². The third-order valence-corrected chi connectivity index (χ3v) is 14.0. The van der Waals surface area contributed by atoms with Crippen LogP contribution in [0.2, 0.25) is 0 Å². The molecule has 0 bridgehead atoms. The monoisotopic (exact) mass is 834 g/mol. The van der Waals surface area contributed by atoms with Crippen molar-refractivity contribution in [3.63, 3.8) is 0 Å². The SMILES string of the molecule is CCC(CC)(Cc1ccc(-c2cc3cn[nH]c(=O)c3c(OC)n2)cc1)P(=O)(O)O.CCOP(=O)(CCc1ccc(-c2cc3cn[nH]c(=O)c3c(OC)n2)cc1)OCC. The van der Waals surface area contributed by atoms with E-state index in [1.165, 1.54) is 20.4 Å². The first-order chi connectivity index (χ1) is 27.7. The van der Waals surface area contributed by atoms with Crippen LogP contribution in [0.4, 0.5) is 0 Å². The molecule has 2 aromatic carbocycles. The molecule has 4 N–H and O–H groups in total. The lowest BCUT2D eigenvalue weighted by Crippen LogP contribution is -2.30. The number of fused-ring (bicyclic) bond motifs is 2. The van der Waals surface area contributed by atoms with Crippen LogP contribution in [0.5, 0.6) is 11.8 Å². The van der Waals surface area contributed by atoms with Gasteiger partial charge in [-0.3, -0.25) is 18.7 Å². The largest absolute Gasteiger partial charge is 0.480 e. The topological polar surface area (TPSA) is 229 Å². The Balaban J connectivity index is 0.000000221. The zero-order valence-electron chi connectivity index (χ0n) is 33.2. The summed E-state index contributed by atoms with van der Waals surface area (Å²) in [7, 11) is -4.39. The Hall–Kier alpha value is -5.08. The number of hydrogen-bond acceptors (Lipinski definition) is 12. The zero-order valence-corrected chi connectivity index (χ0v) is 35.0. The Labute approximate surface area is 335 Å². The van der Waals surface area contributed by atoms with Crippen LogP contribution in [0.25, 0.3) is 44.1 Å². The molecule has 16 nitrogen and oxygen atoms in total. The molecule has 18 heteroatoms. The van der Waals surface area contributed by atoms with Crippen LogP contribution in [-0.4, -0.2) is 78.9 Å². The fourth-order valence-corrected chi connectivity index (χ4v) is 9.49. The highest BCUT2D eigenvalue weighted by Gasteiger charge is 2.43. The normalized spacial score (nSPS) is 12.0. The summed E-state index contributed by atoms with van der Waals surface area (Å²) in [6, 6.07) is 18.7. The smallest absolute Gasteiger partial charge is 0.331 e. The van der Waals surface area contributed by atoms with E-state index in [1.54, 1.807) is 46.0 Å². The van der Waals surface area contributed by atoms with Crippen LogP contribution in [0.1, 0.15) is 51.7 Å². The number of nitrogens with one attached hydrogen (secondary N) is 2. The van der Waals surface area contributed by atoms with Crippen LogP contribution in [0, 0.1) is 0 Å². The molecule has 0 aliphatic heterocycles. The van der Waals surface area contributed by atoms with Crippen LogP contribution >= 0.6 is 15.2 Å². The number of aromatic nitrogens is 6. The first-order valence-corrected chi connectivity index (χ1v) is 22.0. The molecule has 0 amide bonds. The van der Waals surface area contributed by atoms with Gasteiger partial charge in [0, 0.05) is 21.9 Å². The van der Waals surface area contributed by atoms with Crippen LogP contribution < -0.4 is 20.6 Å². The molecule has 6 rings (SSSR count). The molecule has 4 aromatic heterocycles. The summed E-state index contributed by atoms with van der Waals surface area (Å²) in [5, 5.41) is 13.3. The predicted molar refractivity (Wildman–Crippen MR) is 223 cm³/mol. The predicted octanol–water partition coefficient (Wildman–Crippen LogP) is 7.08. The van der Waals surface area contributed by atoms with Gasteiger partial charge in [0.15, 0.2) is 0 Å². The van der Waals surface area contributed by atoms with Gasteiger partial charge in [-0.25, -0.2) is 20.2 Å². The third-order valence-electron chi connectivity index (χ3n) is 9.91. The molecule has 0 fully saturated rings. The lowest BCUT2D eigenvalue weighted by Gasteiger charge is -2.32. The Morgan fingerprint density at radius 2 is 1.10 bits per heavy atom. The third kappa shape index (κ3) is 9.95. The van der Waals surface area contributed by atoms with E-state index in [4.69, 9.17) is 18.5 Å². The molecule has 0 aliphatic carbocycles. The minimum Gasteiger partial charge on any atom is -0.480 e. The van der Waals surface area contributed by atoms with E-state index in [1.807, 2.05) is 48.5 Å². The van der Waals surface area contributed by atoms with Crippen molar-refractivity contribution in [1.82, 2.24) is 30.4 Å². The summed E-state index contributed by atoms with van der Waals surface area (Å²) in [5.41, 5.74) is 4.08. The lowest BCUT2D eigenvalue weighted by atomic mass is 9.92. The second-order valence-electron chi connectivity index (χ2n) is 13.3. The molecule has 0 radical (unpaired) electrons. The molecule has 0 saturated carbocycles. The molecule has 6 aromatic rings. The van der Waals surface area contributed by atoms with E-state index >= 15 is 0 Å². The average molecular weight is 835 g/mol. The summed E-state index contributed by atoms with van der Waals surface area (Å²) in [4.78, 5) is 52.6. The minimum absolute atomic E-state index is 0.211.